The number of aromatic carboxylic acids is 1. The second-order valence-electron chi connectivity index (χ2n) is 5.89. The fraction of sp³-hybridized carbons (Fsp3) is 0.643. The Hall–Kier alpha value is -1.63. The Balaban J connectivity index is 2.90. The van der Waals surface area contributed by atoms with Crippen molar-refractivity contribution >= 4 is 23.4 Å². The molecule has 0 fully saturated rings. The van der Waals surface area contributed by atoms with Gasteiger partial charge in [0.25, 0.3) is 0 Å². The maximum Gasteiger partial charge on any atom is 0.408 e. The molecule has 0 aliphatic carbocycles. The van der Waals surface area contributed by atoms with Crippen molar-refractivity contribution in [3.05, 3.63) is 16.1 Å². The summed E-state index contributed by atoms with van der Waals surface area (Å²) in [7, 11) is 0. The molecule has 1 aromatic rings. The van der Waals surface area contributed by atoms with Gasteiger partial charge in [-0.1, -0.05) is 20.3 Å². The van der Waals surface area contributed by atoms with Crippen LogP contribution in [0.15, 0.2) is 5.38 Å². The topological polar surface area (TPSA) is 88.5 Å². The van der Waals surface area contributed by atoms with Gasteiger partial charge in [-0.05, 0) is 26.7 Å². The summed E-state index contributed by atoms with van der Waals surface area (Å²) in [6, 6.07) is -0.358. The molecule has 1 aromatic heterocycles. The highest BCUT2D eigenvalue weighted by atomic mass is 32.1. The first-order valence-electron chi connectivity index (χ1n) is 6.82. The van der Waals surface area contributed by atoms with Crippen molar-refractivity contribution in [1.29, 1.82) is 0 Å². The highest BCUT2D eigenvalue weighted by molar-refractivity contribution is 7.09. The summed E-state index contributed by atoms with van der Waals surface area (Å²) in [4.78, 5) is 26.9. The Labute approximate surface area is 128 Å². The molecule has 118 valence electrons. The number of carbonyl (C=O) groups is 2. The maximum absolute atomic E-state index is 11.9. The third-order valence-electron chi connectivity index (χ3n) is 2.89. The molecule has 0 aromatic carbocycles. The molecule has 1 amide bonds. The summed E-state index contributed by atoms with van der Waals surface area (Å²) in [5.74, 6) is -0.956. The maximum atomic E-state index is 11.9. The summed E-state index contributed by atoms with van der Waals surface area (Å²) in [6.45, 7) is 9.34. The Bertz CT molecular complexity index is 507. The minimum absolute atomic E-state index is 0.00529. The van der Waals surface area contributed by atoms with Crippen LogP contribution in [0, 0.1) is 5.92 Å². The first kappa shape index (κ1) is 17.4. The van der Waals surface area contributed by atoms with E-state index in [1.54, 1.807) is 20.8 Å². The van der Waals surface area contributed by atoms with Crippen LogP contribution < -0.4 is 5.32 Å². The molecule has 1 rings (SSSR count). The number of rotatable bonds is 5. The fourth-order valence-electron chi connectivity index (χ4n) is 1.65. The molecule has 0 aliphatic heterocycles. The number of carboxylic acid groups (broad SMARTS) is 1. The molecule has 1 heterocycles. The van der Waals surface area contributed by atoms with Crippen LogP contribution in [0.1, 0.15) is 62.6 Å². The number of aromatic nitrogens is 1. The second kappa shape index (κ2) is 6.89. The lowest BCUT2D eigenvalue weighted by Crippen LogP contribution is -2.37. The van der Waals surface area contributed by atoms with Crippen molar-refractivity contribution in [1.82, 2.24) is 10.3 Å². The van der Waals surface area contributed by atoms with Gasteiger partial charge < -0.3 is 15.2 Å². The van der Waals surface area contributed by atoms with E-state index in [-0.39, 0.29) is 17.7 Å². The monoisotopic (exact) mass is 314 g/mol. The Kier molecular flexibility index (Phi) is 5.71. The number of hydrogen-bond donors (Lipinski definition) is 2. The number of carboxylic acids is 1. The van der Waals surface area contributed by atoms with Gasteiger partial charge in [0.2, 0.25) is 0 Å². The zero-order chi connectivity index (χ0) is 16.2. The summed E-state index contributed by atoms with van der Waals surface area (Å²) in [5, 5.41) is 13.8. The van der Waals surface area contributed by atoms with E-state index in [4.69, 9.17) is 9.84 Å². The lowest BCUT2D eigenvalue weighted by molar-refractivity contribution is 0.0486. The summed E-state index contributed by atoms with van der Waals surface area (Å²) >= 11 is 1.23. The van der Waals surface area contributed by atoms with Crippen LogP contribution in [0.5, 0.6) is 0 Å². The van der Waals surface area contributed by atoms with Crippen LogP contribution in [0.25, 0.3) is 0 Å². The molecule has 0 saturated carbocycles. The van der Waals surface area contributed by atoms with E-state index >= 15 is 0 Å². The van der Waals surface area contributed by atoms with Gasteiger partial charge in [0, 0.05) is 5.38 Å². The van der Waals surface area contributed by atoms with E-state index in [0.29, 0.717) is 5.01 Å². The molecular formula is C14H22N2O4S. The Morgan fingerprint density at radius 1 is 1.48 bits per heavy atom. The minimum Gasteiger partial charge on any atom is -0.476 e. The molecule has 6 nitrogen and oxygen atoms in total. The van der Waals surface area contributed by atoms with Gasteiger partial charge in [0.05, 0.1) is 6.04 Å². The van der Waals surface area contributed by atoms with E-state index in [0.717, 1.165) is 6.42 Å². The number of alkyl carbamates (subject to hydrolysis) is 1. The molecule has 0 saturated heterocycles. The standard InChI is InChI=1S/C14H22N2O4S/c1-6-8(2)10(16-13(19)20-14(3,4)5)11-15-9(7-21-11)12(17)18/h7-8,10H,6H2,1-5H3,(H,16,19)(H,17,18)/t8-,10+/m0/s1. The predicted octanol–water partition coefficient (Wildman–Crippen LogP) is 3.45. The molecule has 2 N–H and O–H groups in total. The van der Waals surface area contributed by atoms with Crippen molar-refractivity contribution < 1.29 is 19.4 Å². The number of nitrogens with one attached hydrogen (secondary N) is 1. The highest BCUT2D eigenvalue weighted by Crippen LogP contribution is 2.27. The van der Waals surface area contributed by atoms with Crippen LogP contribution in [-0.2, 0) is 4.74 Å². The van der Waals surface area contributed by atoms with Gasteiger partial charge >= 0.3 is 12.1 Å². The van der Waals surface area contributed by atoms with Crippen molar-refractivity contribution in [2.75, 3.05) is 0 Å². The van der Waals surface area contributed by atoms with E-state index < -0.39 is 17.7 Å². The number of ether oxygens (including phenoxy) is 1. The second-order valence-corrected chi connectivity index (χ2v) is 6.78. The molecular weight excluding hydrogens is 292 g/mol. The Morgan fingerprint density at radius 3 is 2.52 bits per heavy atom. The lowest BCUT2D eigenvalue weighted by Gasteiger charge is -2.25. The number of thiazole rings is 1. The smallest absolute Gasteiger partial charge is 0.408 e. The molecule has 0 aliphatic rings. The number of nitrogens with zero attached hydrogens (tertiary/aromatic N) is 1. The Morgan fingerprint density at radius 2 is 2.10 bits per heavy atom. The van der Waals surface area contributed by atoms with E-state index in [9.17, 15) is 9.59 Å². The highest BCUT2D eigenvalue weighted by Gasteiger charge is 2.26. The van der Waals surface area contributed by atoms with Crippen molar-refractivity contribution in [3.8, 4) is 0 Å². The van der Waals surface area contributed by atoms with Crippen LogP contribution in [-0.4, -0.2) is 27.8 Å². The zero-order valence-electron chi connectivity index (χ0n) is 13.0. The van der Waals surface area contributed by atoms with Crippen LogP contribution in [0.3, 0.4) is 0 Å². The normalized spacial score (nSPS) is 14.3. The van der Waals surface area contributed by atoms with Gasteiger partial charge in [0.1, 0.15) is 10.6 Å². The van der Waals surface area contributed by atoms with E-state index in [2.05, 4.69) is 10.3 Å². The largest absolute Gasteiger partial charge is 0.476 e. The molecule has 0 spiro atoms. The molecule has 7 heteroatoms. The van der Waals surface area contributed by atoms with Crippen molar-refractivity contribution in [2.45, 2.75) is 52.7 Å². The van der Waals surface area contributed by atoms with Gasteiger partial charge in [-0.15, -0.1) is 11.3 Å². The average molecular weight is 314 g/mol. The van der Waals surface area contributed by atoms with E-state index in [1.165, 1.54) is 16.7 Å². The first-order valence-corrected chi connectivity index (χ1v) is 7.70. The molecule has 2 atom stereocenters. The molecule has 21 heavy (non-hydrogen) atoms. The van der Waals surface area contributed by atoms with Crippen LogP contribution in [0.2, 0.25) is 0 Å². The molecule has 0 unspecified atom stereocenters. The molecule has 0 radical (unpaired) electrons. The zero-order valence-corrected chi connectivity index (χ0v) is 13.8. The number of carbonyl (C=O) groups excluding carboxylic acids is 1. The van der Waals surface area contributed by atoms with Gasteiger partial charge in [-0.25, -0.2) is 14.6 Å². The van der Waals surface area contributed by atoms with Gasteiger partial charge in [0.15, 0.2) is 5.69 Å². The number of hydrogen-bond acceptors (Lipinski definition) is 5. The number of amides is 1. The van der Waals surface area contributed by atoms with E-state index in [1.807, 2.05) is 13.8 Å². The quantitative estimate of drug-likeness (QED) is 0.869. The first-order chi connectivity index (χ1) is 9.64. The van der Waals surface area contributed by atoms with Crippen LogP contribution >= 0.6 is 11.3 Å². The predicted molar refractivity (Wildman–Crippen MR) is 80.6 cm³/mol. The summed E-state index contributed by atoms with van der Waals surface area (Å²) < 4.78 is 5.25. The average Bonchev–Trinajstić information content (AvgIpc) is 2.82. The van der Waals surface area contributed by atoms with Gasteiger partial charge in [-0.2, -0.15) is 0 Å². The molecule has 0 bridgehead atoms. The third-order valence-corrected chi connectivity index (χ3v) is 3.82. The van der Waals surface area contributed by atoms with Crippen molar-refractivity contribution in [2.24, 2.45) is 5.92 Å². The minimum atomic E-state index is -1.07. The summed E-state index contributed by atoms with van der Waals surface area (Å²) in [5.41, 5.74) is -0.589. The van der Waals surface area contributed by atoms with Crippen molar-refractivity contribution in [3.63, 3.8) is 0 Å². The third kappa shape index (κ3) is 5.34. The van der Waals surface area contributed by atoms with Crippen LogP contribution in [0.4, 0.5) is 4.79 Å². The SMILES string of the molecule is CC[C@H](C)[C@@H](NC(=O)OC(C)(C)C)c1nc(C(=O)O)cs1. The fourth-order valence-corrected chi connectivity index (χ4v) is 2.62. The van der Waals surface area contributed by atoms with Gasteiger partial charge in [-0.3, -0.25) is 0 Å². The lowest BCUT2D eigenvalue weighted by atomic mass is 10.00. The summed E-state index contributed by atoms with van der Waals surface area (Å²) in [6.07, 6.45) is 0.294.